The van der Waals surface area contributed by atoms with Crippen LogP contribution in [-0.2, 0) is 14.3 Å². The highest BCUT2D eigenvalue weighted by Gasteiger charge is 2.28. The van der Waals surface area contributed by atoms with Crippen LogP contribution in [0.3, 0.4) is 0 Å². The van der Waals surface area contributed by atoms with Crippen molar-refractivity contribution in [2.24, 2.45) is 0 Å². The smallest absolute Gasteiger partial charge is 0.389 e. The first kappa shape index (κ1) is 24.6. The molecular weight excluding hydrogens is 429 g/mol. The van der Waals surface area contributed by atoms with Gasteiger partial charge in [0.1, 0.15) is 11.5 Å². The molecule has 0 aromatic heterocycles. The van der Waals surface area contributed by atoms with Crippen molar-refractivity contribution in [3.63, 3.8) is 0 Å². The molecule has 0 amide bonds. The molecule has 170 valence electrons. The number of hydrogen-bond acceptors (Lipinski definition) is 6. The van der Waals surface area contributed by atoms with Crippen molar-refractivity contribution < 1.29 is 41.8 Å². The Hall–Kier alpha value is -3.62. The van der Waals surface area contributed by atoms with Crippen molar-refractivity contribution >= 4 is 24.0 Å². The van der Waals surface area contributed by atoms with Crippen LogP contribution in [-0.4, -0.2) is 30.7 Å². The van der Waals surface area contributed by atoms with Crippen LogP contribution in [0.15, 0.2) is 54.6 Å². The van der Waals surface area contributed by atoms with E-state index in [1.165, 1.54) is 30.3 Å². The summed E-state index contributed by atoms with van der Waals surface area (Å²) in [6.45, 7) is 2.24. The molecule has 2 aromatic carbocycles. The summed E-state index contributed by atoms with van der Waals surface area (Å²) in [6, 6.07) is 11.6. The second-order valence-electron chi connectivity index (χ2n) is 6.57. The van der Waals surface area contributed by atoms with Crippen LogP contribution in [0.25, 0.3) is 6.08 Å². The number of carbonyl (C=O) groups excluding carboxylic acids is 3. The van der Waals surface area contributed by atoms with Crippen LogP contribution in [0.2, 0.25) is 0 Å². The van der Waals surface area contributed by atoms with Crippen molar-refractivity contribution in [2.75, 3.05) is 6.61 Å². The van der Waals surface area contributed by atoms with Crippen molar-refractivity contribution in [1.29, 1.82) is 0 Å². The molecule has 0 spiro atoms. The molecule has 9 heteroatoms. The SMILES string of the molecule is CCCOC(=O)/C=C/c1ccc(OC(=O)c2ccc(OC(=O)CCC(F)(F)F)cc2)cc1. The van der Waals surface area contributed by atoms with Gasteiger partial charge in [0.2, 0.25) is 0 Å². The summed E-state index contributed by atoms with van der Waals surface area (Å²) in [4.78, 5) is 35.1. The topological polar surface area (TPSA) is 78.9 Å². The van der Waals surface area contributed by atoms with Crippen LogP contribution >= 0.6 is 0 Å². The highest BCUT2D eigenvalue weighted by atomic mass is 19.4. The lowest BCUT2D eigenvalue weighted by Gasteiger charge is -2.08. The number of ether oxygens (including phenoxy) is 3. The third-order valence-corrected chi connectivity index (χ3v) is 3.89. The molecule has 0 saturated heterocycles. The van der Waals surface area contributed by atoms with Gasteiger partial charge in [-0.15, -0.1) is 0 Å². The quantitative estimate of drug-likeness (QED) is 0.300. The van der Waals surface area contributed by atoms with Gasteiger partial charge in [-0.1, -0.05) is 19.1 Å². The van der Waals surface area contributed by atoms with E-state index in [-0.39, 0.29) is 17.1 Å². The van der Waals surface area contributed by atoms with E-state index >= 15 is 0 Å². The van der Waals surface area contributed by atoms with Gasteiger partial charge in [0.05, 0.1) is 25.0 Å². The van der Waals surface area contributed by atoms with E-state index in [2.05, 4.69) is 0 Å². The van der Waals surface area contributed by atoms with Gasteiger partial charge in [-0.3, -0.25) is 4.79 Å². The van der Waals surface area contributed by atoms with Crippen molar-refractivity contribution in [1.82, 2.24) is 0 Å². The first-order valence-electron chi connectivity index (χ1n) is 9.71. The highest BCUT2D eigenvalue weighted by molar-refractivity contribution is 5.91. The first-order valence-corrected chi connectivity index (χ1v) is 9.71. The first-order chi connectivity index (χ1) is 15.2. The fourth-order valence-electron chi connectivity index (χ4n) is 2.31. The number of carbonyl (C=O) groups is 3. The molecule has 0 aliphatic heterocycles. The predicted octanol–water partition coefficient (Wildman–Crippen LogP) is 5.12. The van der Waals surface area contributed by atoms with E-state index in [9.17, 15) is 27.6 Å². The Bertz CT molecular complexity index is 947. The molecule has 0 bridgehead atoms. The molecule has 0 unspecified atom stereocenters. The molecule has 0 atom stereocenters. The standard InChI is InChI=1S/C23H21F3O6/c1-2-15-30-20(27)12-5-16-3-8-19(9-4-16)32-22(29)17-6-10-18(11-7-17)31-21(28)13-14-23(24,25)26/h3-12H,2,13-15H2,1H3/b12-5+. The summed E-state index contributed by atoms with van der Waals surface area (Å²) in [5.41, 5.74) is 0.859. The molecule has 0 heterocycles. The van der Waals surface area contributed by atoms with Gasteiger partial charge in [-0.25, -0.2) is 9.59 Å². The number of rotatable bonds is 9. The van der Waals surface area contributed by atoms with Gasteiger partial charge in [0, 0.05) is 6.08 Å². The summed E-state index contributed by atoms with van der Waals surface area (Å²) in [6.07, 6.45) is -2.91. The molecule has 0 radical (unpaired) electrons. The second-order valence-corrected chi connectivity index (χ2v) is 6.57. The lowest BCUT2D eigenvalue weighted by Crippen LogP contribution is -2.14. The molecule has 0 aliphatic rings. The van der Waals surface area contributed by atoms with Crippen LogP contribution in [0, 0.1) is 0 Å². The fraction of sp³-hybridized carbons (Fsp3) is 0.261. The van der Waals surface area contributed by atoms with E-state index in [1.54, 1.807) is 30.3 Å². The van der Waals surface area contributed by atoms with E-state index in [4.69, 9.17) is 14.2 Å². The number of esters is 3. The molecule has 0 saturated carbocycles. The summed E-state index contributed by atoms with van der Waals surface area (Å²) >= 11 is 0. The average molecular weight is 450 g/mol. The number of alkyl halides is 3. The van der Waals surface area contributed by atoms with E-state index in [0.717, 1.165) is 6.42 Å². The summed E-state index contributed by atoms with van der Waals surface area (Å²) in [5, 5.41) is 0. The maximum absolute atomic E-state index is 12.2. The molecule has 0 N–H and O–H groups in total. The Balaban J connectivity index is 1.87. The third kappa shape index (κ3) is 9.03. The zero-order valence-electron chi connectivity index (χ0n) is 17.2. The summed E-state index contributed by atoms with van der Waals surface area (Å²) in [5.74, 6) is -1.86. The molecule has 32 heavy (non-hydrogen) atoms. The number of benzene rings is 2. The largest absolute Gasteiger partial charge is 0.463 e. The van der Waals surface area contributed by atoms with Crippen LogP contribution in [0.1, 0.15) is 42.1 Å². The Morgan fingerprint density at radius 2 is 1.50 bits per heavy atom. The van der Waals surface area contributed by atoms with Gasteiger partial charge >= 0.3 is 24.1 Å². The van der Waals surface area contributed by atoms with E-state index in [1.807, 2.05) is 6.92 Å². The molecule has 0 fully saturated rings. The zero-order valence-corrected chi connectivity index (χ0v) is 17.2. The van der Waals surface area contributed by atoms with Crippen LogP contribution < -0.4 is 9.47 Å². The minimum absolute atomic E-state index is 0.0160. The van der Waals surface area contributed by atoms with Gasteiger partial charge in [0.15, 0.2) is 0 Å². The Kier molecular flexibility index (Phi) is 9.00. The summed E-state index contributed by atoms with van der Waals surface area (Å²) in [7, 11) is 0. The normalized spacial score (nSPS) is 11.2. The third-order valence-electron chi connectivity index (χ3n) is 3.89. The Labute approximate surface area is 182 Å². The predicted molar refractivity (Wildman–Crippen MR) is 109 cm³/mol. The van der Waals surface area contributed by atoms with Crippen molar-refractivity contribution in [2.45, 2.75) is 32.4 Å². The van der Waals surface area contributed by atoms with Crippen molar-refractivity contribution in [3.8, 4) is 11.5 Å². The maximum atomic E-state index is 12.2. The van der Waals surface area contributed by atoms with E-state index < -0.39 is 36.9 Å². The minimum atomic E-state index is -4.44. The second kappa shape index (κ2) is 11.7. The summed E-state index contributed by atoms with van der Waals surface area (Å²) < 4.78 is 51.4. The van der Waals surface area contributed by atoms with Gasteiger partial charge in [-0.05, 0) is 54.5 Å². The van der Waals surface area contributed by atoms with Crippen LogP contribution in [0.4, 0.5) is 13.2 Å². The van der Waals surface area contributed by atoms with E-state index in [0.29, 0.717) is 12.2 Å². The molecule has 2 aromatic rings. The molecule has 2 rings (SSSR count). The maximum Gasteiger partial charge on any atom is 0.389 e. The molecular formula is C23H21F3O6. The number of hydrogen-bond donors (Lipinski definition) is 0. The van der Waals surface area contributed by atoms with Gasteiger partial charge in [0.25, 0.3) is 0 Å². The minimum Gasteiger partial charge on any atom is -0.463 e. The van der Waals surface area contributed by atoms with Crippen LogP contribution in [0.5, 0.6) is 11.5 Å². The Morgan fingerprint density at radius 3 is 2.09 bits per heavy atom. The molecule has 0 aliphatic carbocycles. The monoisotopic (exact) mass is 450 g/mol. The highest BCUT2D eigenvalue weighted by Crippen LogP contribution is 2.22. The van der Waals surface area contributed by atoms with Gasteiger partial charge < -0.3 is 14.2 Å². The van der Waals surface area contributed by atoms with Crippen molar-refractivity contribution in [3.05, 3.63) is 65.7 Å². The zero-order chi connectivity index (χ0) is 23.6. The Morgan fingerprint density at radius 1 is 0.906 bits per heavy atom. The number of halogens is 3. The average Bonchev–Trinajstić information content (AvgIpc) is 2.76. The lowest BCUT2D eigenvalue weighted by molar-refractivity contribution is -0.151. The lowest BCUT2D eigenvalue weighted by atomic mass is 10.2. The molecule has 6 nitrogen and oxygen atoms in total. The fourth-order valence-corrected chi connectivity index (χ4v) is 2.31. The van der Waals surface area contributed by atoms with Gasteiger partial charge in [-0.2, -0.15) is 13.2 Å².